The molecule has 1 amide bonds. The number of furan rings is 1. The number of hydrogen-bond acceptors (Lipinski definition) is 2. The smallest absolute Gasteiger partial charge is 0.252 e. The SMILES string of the molecule is O=C(NCCc1ccco1)c1cc(Br)ccc1I. The Labute approximate surface area is 127 Å². The largest absolute Gasteiger partial charge is 0.469 e. The molecule has 1 aromatic heterocycles. The van der Waals surface area contributed by atoms with E-state index in [0.29, 0.717) is 18.5 Å². The van der Waals surface area contributed by atoms with Crippen molar-refractivity contribution in [1.29, 1.82) is 0 Å². The molecular weight excluding hydrogens is 409 g/mol. The maximum Gasteiger partial charge on any atom is 0.252 e. The standard InChI is InChI=1S/C13H11BrINO2/c14-9-3-4-12(15)11(8-9)13(17)16-6-5-10-2-1-7-18-10/h1-4,7-8H,5-6H2,(H,16,17). The van der Waals surface area contributed by atoms with Crippen LogP contribution in [0.3, 0.4) is 0 Å². The predicted molar refractivity (Wildman–Crippen MR) is 81.6 cm³/mol. The summed E-state index contributed by atoms with van der Waals surface area (Å²) in [5.74, 6) is 0.812. The molecule has 0 fully saturated rings. The Morgan fingerprint density at radius 2 is 2.22 bits per heavy atom. The van der Waals surface area contributed by atoms with Gasteiger partial charge in [-0.1, -0.05) is 15.9 Å². The summed E-state index contributed by atoms with van der Waals surface area (Å²) in [5.41, 5.74) is 0.685. The molecule has 94 valence electrons. The Kier molecular flexibility index (Phi) is 4.82. The molecule has 0 saturated carbocycles. The Morgan fingerprint density at radius 1 is 1.39 bits per heavy atom. The summed E-state index contributed by atoms with van der Waals surface area (Å²) < 4.78 is 7.04. The van der Waals surface area contributed by atoms with E-state index in [1.807, 2.05) is 30.3 Å². The number of benzene rings is 1. The van der Waals surface area contributed by atoms with Gasteiger partial charge in [-0.05, 0) is 52.9 Å². The maximum absolute atomic E-state index is 12.0. The van der Waals surface area contributed by atoms with Crippen molar-refractivity contribution >= 4 is 44.4 Å². The van der Waals surface area contributed by atoms with Crippen molar-refractivity contribution < 1.29 is 9.21 Å². The van der Waals surface area contributed by atoms with Crippen LogP contribution in [0.2, 0.25) is 0 Å². The molecule has 1 heterocycles. The summed E-state index contributed by atoms with van der Waals surface area (Å²) in [6, 6.07) is 9.39. The van der Waals surface area contributed by atoms with E-state index in [1.54, 1.807) is 6.26 Å². The highest BCUT2D eigenvalue weighted by atomic mass is 127. The average Bonchev–Trinajstić information content (AvgIpc) is 2.85. The minimum Gasteiger partial charge on any atom is -0.469 e. The third-order valence-corrected chi connectivity index (χ3v) is 3.84. The Balaban J connectivity index is 1.93. The summed E-state index contributed by atoms with van der Waals surface area (Å²) in [6.45, 7) is 0.564. The van der Waals surface area contributed by atoms with Gasteiger partial charge in [-0.25, -0.2) is 0 Å². The molecule has 5 heteroatoms. The molecule has 2 aromatic rings. The highest BCUT2D eigenvalue weighted by Crippen LogP contribution is 2.18. The van der Waals surface area contributed by atoms with Crippen molar-refractivity contribution in [2.75, 3.05) is 6.54 Å². The molecule has 0 atom stereocenters. The lowest BCUT2D eigenvalue weighted by Crippen LogP contribution is -2.26. The Bertz CT molecular complexity index is 540. The number of rotatable bonds is 4. The number of carbonyl (C=O) groups excluding carboxylic acids is 1. The fraction of sp³-hybridized carbons (Fsp3) is 0.154. The van der Waals surface area contributed by atoms with Crippen LogP contribution in [0, 0.1) is 3.57 Å². The van der Waals surface area contributed by atoms with E-state index in [1.165, 1.54) is 0 Å². The first-order valence-corrected chi connectivity index (χ1v) is 7.29. The Morgan fingerprint density at radius 3 is 2.94 bits per heavy atom. The minimum atomic E-state index is -0.0627. The molecule has 1 aromatic carbocycles. The van der Waals surface area contributed by atoms with Gasteiger partial charge in [0.1, 0.15) is 5.76 Å². The summed E-state index contributed by atoms with van der Waals surface area (Å²) in [4.78, 5) is 12.0. The molecule has 0 aliphatic carbocycles. The second kappa shape index (κ2) is 6.38. The van der Waals surface area contributed by atoms with Crippen molar-refractivity contribution in [3.63, 3.8) is 0 Å². The Hall–Kier alpha value is -0.820. The number of amides is 1. The van der Waals surface area contributed by atoms with Crippen LogP contribution in [0.4, 0.5) is 0 Å². The van der Waals surface area contributed by atoms with Crippen molar-refractivity contribution in [3.8, 4) is 0 Å². The van der Waals surface area contributed by atoms with Gasteiger partial charge in [-0.2, -0.15) is 0 Å². The number of nitrogens with one attached hydrogen (secondary N) is 1. The molecule has 0 bridgehead atoms. The van der Waals surface area contributed by atoms with E-state index in [2.05, 4.69) is 43.8 Å². The van der Waals surface area contributed by atoms with Gasteiger partial charge in [0, 0.05) is 21.0 Å². The summed E-state index contributed by atoms with van der Waals surface area (Å²) >= 11 is 5.52. The molecule has 0 radical (unpaired) electrons. The average molecular weight is 420 g/mol. The fourth-order valence-corrected chi connectivity index (χ4v) is 2.46. The molecule has 1 N–H and O–H groups in total. The van der Waals surface area contributed by atoms with Gasteiger partial charge in [0.25, 0.3) is 5.91 Å². The van der Waals surface area contributed by atoms with Gasteiger partial charge < -0.3 is 9.73 Å². The highest BCUT2D eigenvalue weighted by Gasteiger charge is 2.10. The van der Waals surface area contributed by atoms with Gasteiger partial charge in [-0.15, -0.1) is 0 Å². The lowest BCUT2D eigenvalue weighted by molar-refractivity contribution is 0.0953. The number of carbonyl (C=O) groups is 1. The van der Waals surface area contributed by atoms with Gasteiger partial charge >= 0.3 is 0 Å². The van der Waals surface area contributed by atoms with Gasteiger partial charge in [0.2, 0.25) is 0 Å². The normalized spacial score (nSPS) is 10.3. The van der Waals surface area contributed by atoms with E-state index < -0.39 is 0 Å². The van der Waals surface area contributed by atoms with Crippen LogP contribution in [0.5, 0.6) is 0 Å². The number of halogens is 2. The highest BCUT2D eigenvalue weighted by molar-refractivity contribution is 14.1. The fourth-order valence-electron chi connectivity index (χ4n) is 1.52. The first kappa shape index (κ1) is 13.6. The molecule has 0 saturated heterocycles. The minimum absolute atomic E-state index is 0.0627. The second-order valence-electron chi connectivity index (χ2n) is 3.71. The van der Waals surface area contributed by atoms with E-state index in [9.17, 15) is 4.79 Å². The molecule has 0 aliphatic rings. The second-order valence-corrected chi connectivity index (χ2v) is 5.79. The van der Waals surface area contributed by atoms with Crippen LogP contribution < -0.4 is 5.32 Å². The lowest BCUT2D eigenvalue weighted by atomic mass is 10.2. The molecule has 3 nitrogen and oxygen atoms in total. The maximum atomic E-state index is 12.0. The zero-order valence-corrected chi connectivity index (χ0v) is 13.2. The quantitative estimate of drug-likeness (QED) is 0.769. The third kappa shape index (κ3) is 3.58. The molecule has 0 unspecified atom stereocenters. The molecule has 2 rings (SSSR count). The van der Waals surface area contributed by atoms with Crippen LogP contribution in [0.15, 0.2) is 45.5 Å². The van der Waals surface area contributed by atoms with E-state index in [0.717, 1.165) is 13.8 Å². The third-order valence-electron chi connectivity index (χ3n) is 2.41. The first-order chi connectivity index (χ1) is 8.66. The first-order valence-electron chi connectivity index (χ1n) is 5.42. The van der Waals surface area contributed by atoms with Gasteiger partial charge in [0.15, 0.2) is 0 Å². The number of hydrogen-bond donors (Lipinski definition) is 1. The topological polar surface area (TPSA) is 42.2 Å². The zero-order valence-electron chi connectivity index (χ0n) is 9.45. The van der Waals surface area contributed by atoms with E-state index in [4.69, 9.17) is 4.42 Å². The van der Waals surface area contributed by atoms with Crippen LogP contribution in [0.1, 0.15) is 16.1 Å². The van der Waals surface area contributed by atoms with Crippen LogP contribution in [0.25, 0.3) is 0 Å². The zero-order chi connectivity index (χ0) is 13.0. The van der Waals surface area contributed by atoms with Crippen LogP contribution in [-0.4, -0.2) is 12.5 Å². The van der Waals surface area contributed by atoms with Crippen molar-refractivity contribution in [3.05, 3.63) is 56.0 Å². The predicted octanol–water partition coefficient (Wildman–Crippen LogP) is 3.62. The van der Waals surface area contributed by atoms with Gasteiger partial charge in [0.05, 0.1) is 11.8 Å². The molecular formula is C13H11BrINO2. The van der Waals surface area contributed by atoms with Crippen molar-refractivity contribution in [2.24, 2.45) is 0 Å². The monoisotopic (exact) mass is 419 g/mol. The van der Waals surface area contributed by atoms with Crippen LogP contribution >= 0.6 is 38.5 Å². The summed E-state index contributed by atoms with van der Waals surface area (Å²) in [7, 11) is 0. The van der Waals surface area contributed by atoms with Crippen molar-refractivity contribution in [1.82, 2.24) is 5.32 Å². The van der Waals surface area contributed by atoms with E-state index in [-0.39, 0.29) is 5.91 Å². The van der Waals surface area contributed by atoms with Crippen LogP contribution in [-0.2, 0) is 6.42 Å². The molecule has 0 spiro atoms. The molecule has 0 aliphatic heterocycles. The van der Waals surface area contributed by atoms with Crippen molar-refractivity contribution in [2.45, 2.75) is 6.42 Å². The van der Waals surface area contributed by atoms with E-state index >= 15 is 0 Å². The molecule has 18 heavy (non-hydrogen) atoms. The summed E-state index contributed by atoms with van der Waals surface area (Å²) in [6.07, 6.45) is 2.33. The van der Waals surface area contributed by atoms with Gasteiger partial charge in [-0.3, -0.25) is 4.79 Å². The summed E-state index contributed by atoms with van der Waals surface area (Å²) in [5, 5.41) is 2.88. The lowest BCUT2D eigenvalue weighted by Gasteiger charge is -2.06.